The molecule has 0 saturated heterocycles. The van der Waals surface area contributed by atoms with Crippen LogP contribution in [0, 0.1) is 11.3 Å². The standard InChI is InChI=1S/C21H15ClN2OS2/c1-26-20(11-19(25)14-7-9-16(22)10-8-14)17(12-23)18-13-27-21(24-18)15-5-3-2-4-6-15/h2-10,13H,11H2,1H3/b20-17+. The lowest BCUT2D eigenvalue weighted by Gasteiger charge is -2.06. The van der Waals surface area contributed by atoms with Gasteiger partial charge in [-0.05, 0) is 30.5 Å². The van der Waals surface area contributed by atoms with Gasteiger partial charge in [0.05, 0.1) is 11.3 Å². The first-order valence-electron chi connectivity index (χ1n) is 8.09. The molecule has 0 bridgehead atoms. The SMILES string of the molecule is CS/C(CC(=O)c1ccc(Cl)cc1)=C(\C#N)c1csc(-c2ccccc2)n1. The lowest BCUT2D eigenvalue weighted by Crippen LogP contribution is -2.01. The van der Waals surface area contributed by atoms with Crippen LogP contribution in [0.25, 0.3) is 16.1 Å². The molecule has 0 spiro atoms. The maximum absolute atomic E-state index is 12.6. The highest BCUT2D eigenvalue weighted by Gasteiger charge is 2.17. The monoisotopic (exact) mass is 410 g/mol. The number of thiazole rings is 1. The van der Waals surface area contributed by atoms with E-state index in [4.69, 9.17) is 11.6 Å². The maximum Gasteiger partial charge on any atom is 0.167 e. The average Bonchev–Trinajstić information content (AvgIpc) is 3.18. The van der Waals surface area contributed by atoms with E-state index in [1.807, 2.05) is 42.0 Å². The number of halogens is 1. The molecule has 3 rings (SSSR count). The Morgan fingerprint density at radius 2 is 1.89 bits per heavy atom. The predicted molar refractivity (Wildman–Crippen MR) is 114 cm³/mol. The van der Waals surface area contributed by atoms with Gasteiger partial charge in [-0.25, -0.2) is 4.98 Å². The molecule has 134 valence electrons. The van der Waals surface area contributed by atoms with Crippen LogP contribution in [-0.2, 0) is 0 Å². The van der Waals surface area contributed by atoms with Gasteiger partial charge in [-0.15, -0.1) is 23.1 Å². The molecule has 3 aromatic rings. The molecule has 27 heavy (non-hydrogen) atoms. The number of carbonyl (C=O) groups is 1. The molecule has 0 saturated carbocycles. The van der Waals surface area contributed by atoms with Crippen LogP contribution in [0.15, 0.2) is 64.9 Å². The van der Waals surface area contributed by atoms with Gasteiger partial charge >= 0.3 is 0 Å². The second-order valence-corrected chi connectivity index (χ2v) is 7.82. The minimum atomic E-state index is -0.0534. The fourth-order valence-electron chi connectivity index (χ4n) is 2.51. The number of benzene rings is 2. The Kier molecular flexibility index (Phi) is 6.46. The van der Waals surface area contributed by atoms with E-state index in [0.29, 0.717) is 26.8 Å². The molecule has 0 fully saturated rings. The molecule has 0 N–H and O–H groups in total. The molecule has 1 heterocycles. The molecule has 6 heteroatoms. The molecule has 0 amide bonds. The summed E-state index contributed by atoms with van der Waals surface area (Å²) in [5.74, 6) is -0.0534. The van der Waals surface area contributed by atoms with Crippen molar-refractivity contribution in [2.75, 3.05) is 6.26 Å². The van der Waals surface area contributed by atoms with Crippen LogP contribution in [-0.4, -0.2) is 17.0 Å². The molecule has 1 aromatic heterocycles. The molecule has 0 unspecified atom stereocenters. The zero-order chi connectivity index (χ0) is 19.2. The summed E-state index contributed by atoms with van der Waals surface area (Å²) in [5, 5.41) is 13.0. The Morgan fingerprint density at radius 1 is 1.19 bits per heavy atom. The van der Waals surface area contributed by atoms with Gasteiger partial charge in [0.1, 0.15) is 11.1 Å². The van der Waals surface area contributed by atoms with E-state index in [1.165, 1.54) is 23.1 Å². The summed E-state index contributed by atoms with van der Waals surface area (Å²) in [6.07, 6.45) is 2.02. The highest BCUT2D eigenvalue weighted by Crippen LogP contribution is 2.32. The number of thioether (sulfide) groups is 1. The van der Waals surface area contributed by atoms with E-state index in [1.54, 1.807) is 24.3 Å². The molecule has 0 aliphatic heterocycles. The molecule has 0 atom stereocenters. The summed E-state index contributed by atoms with van der Waals surface area (Å²) in [6.45, 7) is 0. The Morgan fingerprint density at radius 3 is 2.52 bits per heavy atom. The van der Waals surface area contributed by atoms with Gasteiger partial charge in [0, 0.05) is 32.9 Å². The number of hydrogen-bond donors (Lipinski definition) is 0. The van der Waals surface area contributed by atoms with Crippen LogP contribution in [0.1, 0.15) is 22.5 Å². The first-order valence-corrected chi connectivity index (χ1v) is 10.6. The third-order valence-electron chi connectivity index (χ3n) is 3.91. The lowest BCUT2D eigenvalue weighted by molar-refractivity contribution is 0.0995. The third-order valence-corrected chi connectivity index (χ3v) is 5.89. The van der Waals surface area contributed by atoms with Gasteiger partial charge in [0.2, 0.25) is 0 Å². The van der Waals surface area contributed by atoms with Gasteiger partial charge in [-0.3, -0.25) is 4.79 Å². The Balaban J connectivity index is 1.90. The van der Waals surface area contributed by atoms with Crippen molar-refractivity contribution in [1.29, 1.82) is 5.26 Å². The quantitative estimate of drug-likeness (QED) is 0.351. The van der Waals surface area contributed by atoms with E-state index < -0.39 is 0 Å². The number of hydrogen-bond acceptors (Lipinski definition) is 5. The number of nitriles is 1. The summed E-state index contributed by atoms with van der Waals surface area (Å²) >= 11 is 8.77. The normalized spacial score (nSPS) is 11.6. The second kappa shape index (κ2) is 9.01. The third kappa shape index (κ3) is 4.67. The van der Waals surface area contributed by atoms with E-state index in [9.17, 15) is 10.1 Å². The van der Waals surface area contributed by atoms with Crippen molar-refractivity contribution in [2.24, 2.45) is 0 Å². The maximum atomic E-state index is 12.6. The largest absolute Gasteiger partial charge is 0.294 e. The van der Waals surface area contributed by atoms with Crippen molar-refractivity contribution in [3.05, 3.63) is 81.2 Å². The summed E-state index contributed by atoms with van der Waals surface area (Å²) in [4.78, 5) is 17.9. The molecule has 0 aliphatic carbocycles. The van der Waals surface area contributed by atoms with E-state index in [0.717, 1.165) is 10.6 Å². The number of carbonyl (C=O) groups excluding carboxylic acids is 1. The number of nitrogens with zero attached hydrogens (tertiary/aromatic N) is 2. The van der Waals surface area contributed by atoms with Crippen LogP contribution in [0.2, 0.25) is 5.02 Å². The minimum absolute atomic E-state index is 0.0534. The first kappa shape index (κ1) is 19.4. The van der Waals surface area contributed by atoms with Crippen molar-refractivity contribution >= 4 is 46.1 Å². The predicted octanol–water partition coefficient (Wildman–Crippen LogP) is 6.33. The van der Waals surface area contributed by atoms with Crippen molar-refractivity contribution in [3.63, 3.8) is 0 Å². The smallest absolute Gasteiger partial charge is 0.167 e. The van der Waals surface area contributed by atoms with E-state index in [2.05, 4.69) is 11.1 Å². The number of aromatic nitrogens is 1. The highest BCUT2D eigenvalue weighted by molar-refractivity contribution is 8.02. The zero-order valence-corrected chi connectivity index (χ0v) is 16.9. The Hall–Kier alpha value is -2.39. The summed E-state index contributed by atoms with van der Waals surface area (Å²) in [7, 11) is 0. The van der Waals surface area contributed by atoms with Crippen LogP contribution in [0.5, 0.6) is 0 Å². The molecule has 2 aromatic carbocycles. The van der Waals surface area contributed by atoms with Crippen molar-refractivity contribution in [1.82, 2.24) is 4.98 Å². The van der Waals surface area contributed by atoms with Gasteiger partial charge in [0.15, 0.2) is 5.78 Å². The summed E-state index contributed by atoms with van der Waals surface area (Å²) in [6, 6.07) is 18.8. The van der Waals surface area contributed by atoms with Gasteiger partial charge in [0.25, 0.3) is 0 Å². The summed E-state index contributed by atoms with van der Waals surface area (Å²) in [5.41, 5.74) is 2.64. The van der Waals surface area contributed by atoms with E-state index >= 15 is 0 Å². The molecular weight excluding hydrogens is 396 g/mol. The Bertz CT molecular complexity index is 1020. The molecule has 0 radical (unpaired) electrons. The fourth-order valence-corrected chi connectivity index (χ4v) is 4.08. The van der Waals surface area contributed by atoms with Gasteiger partial charge in [-0.2, -0.15) is 5.26 Å². The number of Topliss-reactive ketones (excluding diaryl/α,β-unsaturated/α-hetero) is 1. The number of allylic oxidation sites excluding steroid dienone is 2. The number of ketones is 1. The molecular formula is C21H15ClN2OS2. The molecule has 3 nitrogen and oxygen atoms in total. The Labute approximate surface area is 171 Å². The second-order valence-electron chi connectivity index (χ2n) is 5.62. The average molecular weight is 411 g/mol. The van der Waals surface area contributed by atoms with Gasteiger partial charge < -0.3 is 0 Å². The first-order chi connectivity index (χ1) is 13.1. The fraction of sp³-hybridized carbons (Fsp3) is 0.0952. The van der Waals surface area contributed by atoms with E-state index in [-0.39, 0.29) is 12.2 Å². The van der Waals surface area contributed by atoms with Crippen LogP contribution in [0.4, 0.5) is 0 Å². The summed E-state index contributed by atoms with van der Waals surface area (Å²) < 4.78 is 0. The highest BCUT2D eigenvalue weighted by atomic mass is 35.5. The van der Waals surface area contributed by atoms with Crippen molar-refractivity contribution in [3.8, 4) is 16.6 Å². The lowest BCUT2D eigenvalue weighted by atomic mass is 10.1. The van der Waals surface area contributed by atoms with Crippen LogP contribution >= 0.6 is 34.7 Å². The number of rotatable bonds is 6. The van der Waals surface area contributed by atoms with Gasteiger partial charge in [-0.1, -0.05) is 41.9 Å². The van der Waals surface area contributed by atoms with Crippen LogP contribution < -0.4 is 0 Å². The molecule has 0 aliphatic rings. The van der Waals surface area contributed by atoms with Crippen molar-refractivity contribution < 1.29 is 4.79 Å². The zero-order valence-electron chi connectivity index (χ0n) is 14.5. The van der Waals surface area contributed by atoms with Crippen LogP contribution in [0.3, 0.4) is 0 Å². The topological polar surface area (TPSA) is 53.8 Å². The van der Waals surface area contributed by atoms with Crippen molar-refractivity contribution in [2.45, 2.75) is 6.42 Å². The minimum Gasteiger partial charge on any atom is -0.294 e.